The average molecular weight is 200 g/mol. The molecule has 0 heteroatoms. The van der Waals surface area contributed by atoms with Crippen LogP contribution < -0.4 is 0 Å². The maximum atomic E-state index is 4.14. The molecule has 0 N–H and O–H groups in total. The molecule has 0 aliphatic carbocycles. The largest absolute Gasteiger partial charge is 0.0998 e. The Bertz CT molecular complexity index is 408. The maximum absolute atomic E-state index is 4.14. The van der Waals surface area contributed by atoms with E-state index in [1.807, 2.05) is 6.92 Å². The zero-order chi connectivity index (χ0) is 11.6. The smallest absolute Gasteiger partial charge is 0.00724 e. The molecule has 0 nitrogen and oxygen atoms in total. The number of benzene rings is 1. The predicted octanol–water partition coefficient (Wildman–Crippen LogP) is 4.59. The lowest BCUT2D eigenvalue weighted by Gasteiger charge is -2.12. The van der Waals surface area contributed by atoms with Crippen molar-refractivity contribution in [2.75, 3.05) is 0 Å². The summed E-state index contributed by atoms with van der Waals surface area (Å²) in [6.45, 7) is 16.5. The van der Waals surface area contributed by atoms with E-state index in [9.17, 15) is 0 Å². The predicted molar refractivity (Wildman–Crippen MR) is 69.1 cm³/mol. The highest BCUT2D eigenvalue weighted by Crippen LogP contribution is 2.25. The number of hydrogen-bond donors (Lipinski definition) is 0. The molecule has 0 fully saturated rings. The summed E-state index contributed by atoms with van der Waals surface area (Å²) >= 11 is 0. The van der Waals surface area contributed by atoms with Crippen molar-refractivity contribution >= 4 is 5.57 Å². The van der Waals surface area contributed by atoms with Gasteiger partial charge in [-0.15, -0.1) is 0 Å². The number of allylic oxidation sites excluding steroid dienone is 2. The topological polar surface area (TPSA) is 0 Å². The first-order chi connectivity index (χ1) is 6.91. The van der Waals surface area contributed by atoms with Gasteiger partial charge >= 0.3 is 0 Å². The van der Waals surface area contributed by atoms with Gasteiger partial charge in [-0.2, -0.15) is 0 Å². The molecular formula is C15H20. The van der Waals surface area contributed by atoms with E-state index < -0.39 is 0 Å². The Labute approximate surface area is 93.3 Å². The second-order valence-electron chi connectivity index (χ2n) is 4.49. The Hall–Kier alpha value is -1.30. The minimum atomic E-state index is 0.892. The molecule has 0 saturated carbocycles. The fourth-order valence-corrected chi connectivity index (χ4v) is 1.80. The van der Waals surface area contributed by atoms with Crippen LogP contribution in [0.4, 0.5) is 0 Å². The van der Waals surface area contributed by atoms with E-state index in [0.29, 0.717) is 0 Å². The van der Waals surface area contributed by atoms with Crippen LogP contribution in [-0.2, 0) is 0 Å². The standard InChI is InChI=1S/C15H20/c1-10(2)7-13(5)15-9-12(4)11(3)8-14(15)6/h8-9H,1,5,7H2,2-4,6H3. The highest BCUT2D eigenvalue weighted by atomic mass is 14.1. The van der Waals surface area contributed by atoms with E-state index in [-0.39, 0.29) is 0 Å². The van der Waals surface area contributed by atoms with Gasteiger partial charge in [-0.3, -0.25) is 0 Å². The van der Waals surface area contributed by atoms with Gasteiger partial charge in [0.15, 0.2) is 0 Å². The third-order valence-electron chi connectivity index (χ3n) is 2.74. The van der Waals surface area contributed by atoms with Crippen LogP contribution in [0.2, 0.25) is 0 Å². The van der Waals surface area contributed by atoms with Crippen molar-refractivity contribution in [3.05, 3.63) is 53.1 Å². The average Bonchev–Trinajstić information content (AvgIpc) is 2.09. The molecule has 0 amide bonds. The lowest BCUT2D eigenvalue weighted by atomic mass is 9.93. The zero-order valence-electron chi connectivity index (χ0n) is 10.3. The minimum Gasteiger partial charge on any atom is -0.0998 e. The Balaban J connectivity index is 3.09. The van der Waals surface area contributed by atoms with Crippen LogP contribution in [0.15, 0.2) is 30.9 Å². The summed E-state index contributed by atoms with van der Waals surface area (Å²) in [5, 5.41) is 0. The zero-order valence-corrected chi connectivity index (χ0v) is 10.3. The molecule has 0 spiro atoms. The Kier molecular flexibility index (Phi) is 3.52. The monoisotopic (exact) mass is 200 g/mol. The first-order valence-electron chi connectivity index (χ1n) is 5.32. The van der Waals surface area contributed by atoms with Crippen LogP contribution in [-0.4, -0.2) is 0 Å². The molecule has 0 heterocycles. The van der Waals surface area contributed by atoms with Crippen LogP contribution in [0.25, 0.3) is 5.57 Å². The van der Waals surface area contributed by atoms with E-state index in [4.69, 9.17) is 0 Å². The van der Waals surface area contributed by atoms with Crippen molar-refractivity contribution in [3.63, 3.8) is 0 Å². The van der Waals surface area contributed by atoms with Crippen molar-refractivity contribution in [1.82, 2.24) is 0 Å². The molecule has 0 aromatic heterocycles. The third kappa shape index (κ3) is 2.82. The van der Waals surface area contributed by atoms with Crippen LogP contribution in [0, 0.1) is 20.8 Å². The van der Waals surface area contributed by atoms with Gasteiger partial charge in [0.1, 0.15) is 0 Å². The Morgan fingerprint density at radius 1 is 1.00 bits per heavy atom. The van der Waals surface area contributed by atoms with Gasteiger partial charge in [0.2, 0.25) is 0 Å². The fourth-order valence-electron chi connectivity index (χ4n) is 1.80. The van der Waals surface area contributed by atoms with E-state index in [0.717, 1.165) is 12.0 Å². The minimum absolute atomic E-state index is 0.892. The van der Waals surface area contributed by atoms with Gasteiger partial charge in [-0.05, 0) is 61.9 Å². The van der Waals surface area contributed by atoms with Gasteiger partial charge in [-0.1, -0.05) is 30.9 Å². The molecule has 15 heavy (non-hydrogen) atoms. The highest BCUT2D eigenvalue weighted by molar-refractivity contribution is 5.69. The van der Waals surface area contributed by atoms with E-state index in [2.05, 4.69) is 46.1 Å². The van der Waals surface area contributed by atoms with Crippen LogP contribution in [0.5, 0.6) is 0 Å². The molecule has 1 aromatic carbocycles. The van der Waals surface area contributed by atoms with E-state index >= 15 is 0 Å². The molecule has 0 bridgehead atoms. The molecule has 0 saturated heterocycles. The van der Waals surface area contributed by atoms with Crippen molar-refractivity contribution in [2.45, 2.75) is 34.1 Å². The molecule has 0 atom stereocenters. The molecule has 0 aliphatic heterocycles. The van der Waals surface area contributed by atoms with E-state index in [1.54, 1.807) is 0 Å². The molecule has 1 aromatic rings. The van der Waals surface area contributed by atoms with Crippen LogP contribution in [0.3, 0.4) is 0 Å². The quantitative estimate of drug-likeness (QED) is 0.626. The first kappa shape index (κ1) is 11.8. The fraction of sp³-hybridized carbons (Fsp3) is 0.333. The molecule has 0 aliphatic rings. The molecule has 80 valence electrons. The summed E-state index contributed by atoms with van der Waals surface area (Å²) in [5.74, 6) is 0. The summed E-state index contributed by atoms with van der Waals surface area (Å²) in [6, 6.07) is 4.46. The van der Waals surface area contributed by atoms with Gasteiger partial charge in [-0.25, -0.2) is 0 Å². The van der Waals surface area contributed by atoms with Crippen molar-refractivity contribution < 1.29 is 0 Å². The lowest BCUT2D eigenvalue weighted by molar-refractivity contribution is 1.21. The molecule has 0 radical (unpaired) electrons. The highest BCUT2D eigenvalue weighted by Gasteiger charge is 2.05. The van der Waals surface area contributed by atoms with Gasteiger partial charge < -0.3 is 0 Å². The normalized spacial score (nSPS) is 10.1. The Morgan fingerprint density at radius 2 is 1.53 bits per heavy atom. The molecular weight excluding hydrogens is 180 g/mol. The summed E-state index contributed by atoms with van der Waals surface area (Å²) in [5.41, 5.74) is 7.60. The maximum Gasteiger partial charge on any atom is -0.00724 e. The number of hydrogen-bond acceptors (Lipinski definition) is 0. The van der Waals surface area contributed by atoms with Crippen molar-refractivity contribution in [2.24, 2.45) is 0 Å². The van der Waals surface area contributed by atoms with Gasteiger partial charge in [0, 0.05) is 0 Å². The summed E-state index contributed by atoms with van der Waals surface area (Å²) in [6.07, 6.45) is 0.892. The summed E-state index contributed by atoms with van der Waals surface area (Å²) in [7, 11) is 0. The summed E-state index contributed by atoms with van der Waals surface area (Å²) in [4.78, 5) is 0. The number of aryl methyl sites for hydroxylation is 3. The second kappa shape index (κ2) is 4.48. The summed E-state index contributed by atoms with van der Waals surface area (Å²) < 4.78 is 0. The van der Waals surface area contributed by atoms with E-state index in [1.165, 1.54) is 27.8 Å². The van der Waals surface area contributed by atoms with Crippen LogP contribution in [0.1, 0.15) is 35.6 Å². The van der Waals surface area contributed by atoms with Gasteiger partial charge in [0.25, 0.3) is 0 Å². The van der Waals surface area contributed by atoms with Gasteiger partial charge in [0.05, 0.1) is 0 Å². The lowest BCUT2D eigenvalue weighted by Crippen LogP contribution is -1.92. The third-order valence-corrected chi connectivity index (χ3v) is 2.74. The van der Waals surface area contributed by atoms with Crippen molar-refractivity contribution in [1.29, 1.82) is 0 Å². The molecule has 0 unspecified atom stereocenters. The van der Waals surface area contributed by atoms with Crippen molar-refractivity contribution in [3.8, 4) is 0 Å². The second-order valence-corrected chi connectivity index (χ2v) is 4.49. The SMILES string of the molecule is C=C(C)CC(=C)c1cc(C)c(C)cc1C. The van der Waals surface area contributed by atoms with Crippen LogP contribution >= 0.6 is 0 Å². The number of rotatable bonds is 3. The molecule has 1 rings (SSSR count). The Morgan fingerprint density at radius 3 is 2.07 bits per heavy atom. The first-order valence-corrected chi connectivity index (χ1v) is 5.32.